The van der Waals surface area contributed by atoms with Gasteiger partial charge in [-0.3, -0.25) is 0 Å². The van der Waals surface area contributed by atoms with Crippen molar-refractivity contribution < 1.29 is 4.48 Å². The molecule has 1 aliphatic rings. The van der Waals surface area contributed by atoms with E-state index in [0.29, 0.717) is 0 Å². The van der Waals surface area contributed by atoms with Crippen LogP contribution >= 0.6 is 29.4 Å². The molecule has 1 aliphatic heterocycles. The zero-order chi connectivity index (χ0) is 21.8. The Morgan fingerprint density at radius 1 is 0.613 bits per heavy atom. The van der Waals surface area contributed by atoms with Gasteiger partial charge in [0.1, 0.15) is 0 Å². The molecule has 5 heteroatoms. The molecule has 0 aromatic carbocycles. The van der Waals surface area contributed by atoms with Crippen molar-refractivity contribution in [2.24, 2.45) is 0 Å². The summed E-state index contributed by atoms with van der Waals surface area (Å²) in [7, 11) is 2.11. The summed E-state index contributed by atoms with van der Waals surface area (Å²) < 4.78 is 1.42. The highest BCUT2D eigenvalue weighted by Gasteiger charge is 2.24. The summed E-state index contributed by atoms with van der Waals surface area (Å²) in [5.74, 6) is 0. The maximum absolute atomic E-state index is 2.37. The molecule has 0 radical (unpaired) electrons. The molecule has 0 saturated heterocycles. The van der Waals surface area contributed by atoms with Crippen LogP contribution in [0.3, 0.4) is 0 Å². The molecule has 0 fully saturated rings. The SMILES string of the molecule is Br.CCCCCCN1C=CN(C)C1.CCCC[N+](CCCC)(CCCC)CCCC.Cl. The maximum Gasteiger partial charge on any atom is 0.0890 e. The summed E-state index contributed by atoms with van der Waals surface area (Å²) in [6, 6.07) is 0. The third-order valence-electron chi connectivity index (χ3n) is 6.18. The van der Waals surface area contributed by atoms with Gasteiger partial charge in [-0.2, -0.15) is 0 Å². The molecule has 0 aliphatic carbocycles. The topological polar surface area (TPSA) is 6.48 Å². The monoisotopic (exact) mass is 526 g/mol. The zero-order valence-electron chi connectivity index (χ0n) is 22.0. The molecular weight excluding hydrogens is 470 g/mol. The molecule has 190 valence electrons. The van der Waals surface area contributed by atoms with Crippen LogP contribution in [0.2, 0.25) is 0 Å². The Kier molecular flexibility index (Phi) is 28.4. The van der Waals surface area contributed by atoms with Crippen molar-refractivity contribution in [1.82, 2.24) is 9.80 Å². The zero-order valence-corrected chi connectivity index (χ0v) is 24.6. The molecule has 0 aromatic heterocycles. The van der Waals surface area contributed by atoms with Crippen molar-refractivity contribution >= 4 is 29.4 Å². The average molecular weight is 528 g/mol. The second kappa shape index (κ2) is 24.7. The second-order valence-electron chi connectivity index (χ2n) is 9.22. The first-order chi connectivity index (χ1) is 14.1. The van der Waals surface area contributed by atoms with E-state index in [9.17, 15) is 0 Å². The van der Waals surface area contributed by atoms with E-state index in [0.717, 1.165) is 6.67 Å². The number of rotatable bonds is 17. The van der Waals surface area contributed by atoms with E-state index in [1.165, 1.54) is 114 Å². The van der Waals surface area contributed by atoms with Gasteiger partial charge in [0.15, 0.2) is 0 Å². The predicted molar refractivity (Wildman–Crippen MR) is 150 cm³/mol. The van der Waals surface area contributed by atoms with Crippen LogP contribution in [0, 0.1) is 0 Å². The molecule has 1 heterocycles. The lowest BCUT2D eigenvalue weighted by Gasteiger charge is -2.39. The number of nitrogens with zero attached hydrogens (tertiary/aromatic N) is 3. The van der Waals surface area contributed by atoms with Gasteiger partial charge in [0, 0.05) is 26.0 Å². The highest BCUT2D eigenvalue weighted by Crippen LogP contribution is 2.16. The Labute approximate surface area is 213 Å². The first-order valence-corrected chi connectivity index (χ1v) is 13.0. The van der Waals surface area contributed by atoms with Crippen molar-refractivity contribution in [2.45, 2.75) is 112 Å². The molecule has 0 aromatic rings. The number of halogens is 2. The number of unbranched alkanes of at least 4 members (excludes halogenated alkanes) is 7. The summed E-state index contributed by atoms with van der Waals surface area (Å²) in [6.45, 7) is 19.6. The fourth-order valence-corrected chi connectivity index (χ4v) is 4.12. The molecule has 0 amide bonds. The average Bonchev–Trinajstić information content (AvgIpc) is 3.16. The summed E-state index contributed by atoms with van der Waals surface area (Å²) in [5.41, 5.74) is 0. The van der Waals surface area contributed by atoms with Gasteiger partial charge in [0.2, 0.25) is 0 Å². The predicted octanol–water partition coefficient (Wildman–Crippen LogP) is 8.25. The molecule has 0 spiro atoms. The third kappa shape index (κ3) is 19.3. The van der Waals surface area contributed by atoms with Gasteiger partial charge in [-0.25, -0.2) is 0 Å². The molecule has 0 saturated carbocycles. The first kappa shape index (κ1) is 35.7. The lowest BCUT2D eigenvalue weighted by Crippen LogP contribution is -2.50. The fourth-order valence-electron chi connectivity index (χ4n) is 4.12. The van der Waals surface area contributed by atoms with Crippen LogP contribution < -0.4 is 0 Å². The smallest absolute Gasteiger partial charge is 0.0890 e. The highest BCUT2D eigenvalue weighted by atomic mass is 79.9. The van der Waals surface area contributed by atoms with Gasteiger partial charge in [-0.05, 0) is 32.1 Å². The van der Waals surface area contributed by atoms with Crippen LogP contribution in [0.5, 0.6) is 0 Å². The van der Waals surface area contributed by atoms with Crippen LogP contribution in [0.15, 0.2) is 12.4 Å². The number of quaternary nitrogens is 1. The standard InChI is InChI=1S/C16H36N.C10H20N2.BrH.ClH/c1-5-9-13-17(14-10-6-2,15-11-7-3)16-12-8-4;1-3-4-5-6-7-12-9-8-11(2)10-12;;/h5-16H2,1-4H3;8-9H,3-7,10H2,1-2H3;2*1H/q+1;;;. The van der Waals surface area contributed by atoms with E-state index < -0.39 is 0 Å². The number of hydrogen-bond acceptors (Lipinski definition) is 2. The molecule has 0 atom stereocenters. The van der Waals surface area contributed by atoms with E-state index in [2.05, 4.69) is 63.9 Å². The summed E-state index contributed by atoms with van der Waals surface area (Å²) in [5, 5.41) is 0. The minimum Gasteiger partial charge on any atom is -0.362 e. The summed E-state index contributed by atoms with van der Waals surface area (Å²) >= 11 is 0. The highest BCUT2D eigenvalue weighted by molar-refractivity contribution is 8.93. The van der Waals surface area contributed by atoms with Gasteiger partial charge < -0.3 is 14.3 Å². The third-order valence-corrected chi connectivity index (χ3v) is 6.18. The lowest BCUT2D eigenvalue weighted by molar-refractivity contribution is -0.929. The van der Waals surface area contributed by atoms with Crippen molar-refractivity contribution in [1.29, 1.82) is 0 Å². The van der Waals surface area contributed by atoms with E-state index in [-0.39, 0.29) is 29.4 Å². The minimum atomic E-state index is 0. The largest absolute Gasteiger partial charge is 0.362 e. The van der Waals surface area contributed by atoms with Crippen molar-refractivity contribution in [3.8, 4) is 0 Å². The van der Waals surface area contributed by atoms with E-state index in [1.54, 1.807) is 0 Å². The first-order valence-electron chi connectivity index (χ1n) is 13.0. The molecule has 0 bridgehead atoms. The van der Waals surface area contributed by atoms with Crippen molar-refractivity contribution in [3.05, 3.63) is 12.4 Å². The Balaban J connectivity index is -0.000000497. The fraction of sp³-hybridized carbons (Fsp3) is 0.923. The molecule has 31 heavy (non-hydrogen) atoms. The molecular formula is C26H58BrClN3+. The maximum atomic E-state index is 2.37. The van der Waals surface area contributed by atoms with Gasteiger partial charge in [-0.1, -0.05) is 79.6 Å². The van der Waals surface area contributed by atoms with Crippen molar-refractivity contribution in [3.63, 3.8) is 0 Å². The Morgan fingerprint density at radius 3 is 1.35 bits per heavy atom. The van der Waals surface area contributed by atoms with Crippen LogP contribution in [-0.4, -0.2) is 60.7 Å². The van der Waals surface area contributed by atoms with Crippen LogP contribution in [-0.2, 0) is 0 Å². The van der Waals surface area contributed by atoms with Gasteiger partial charge in [-0.15, -0.1) is 29.4 Å². The second-order valence-corrected chi connectivity index (χ2v) is 9.22. The van der Waals surface area contributed by atoms with Crippen LogP contribution in [0.4, 0.5) is 0 Å². The van der Waals surface area contributed by atoms with E-state index >= 15 is 0 Å². The Morgan fingerprint density at radius 2 is 1.03 bits per heavy atom. The molecule has 1 rings (SSSR count). The minimum absolute atomic E-state index is 0. The van der Waals surface area contributed by atoms with Crippen LogP contribution in [0.25, 0.3) is 0 Å². The van der Waals surface area contributed by atoms with E-state index in [1.807, 2.05) is 0 Å². The lowest BCUT2D eigenvalue weighted by atomic mass is 10.1. The molecule has 0 N–H and O–H groups in total. The van der Waals surface area contributed by atoms with Gasteiger partial charge >= 0.3 is 0 Å². The quantitative estimate of drug-likeness (QED) is 0.139. The number of hydrogen-bond donors (Lipinski definition) is 0. The van der Waals surface area contributed by atoms with E-state index in [4.69, 9.17) is 0 Å². The normalized spacial score (nSPS) is 12.8. The molecule has 0 unspecified atom stereocenters. The van der Waals surface area contributed by atoms with Crippen molar-refractivity contribution in [2.75, 3.05) is 46.4 Å². The summed E-state index contributed by atoms with van der Waals surface area (Å²) in [4.78, 5) is 4.58. The molecule has 3 nitrogen and oxygen atoms in total. The van der Waals surface area contributed by atoms with Gasteiger partial charge in [0.25, 0.3) is 0 Å². The summed E-state index contributed by atoms with van der Waals surface area (Å²) in [6.07, 6.45) is 20.8. The Bertz CT molecular complexity index is 342. The van der Waals surface area contributed by atoms with Gasteiger partial charge in [0.05, 0.1) is 32.8 Å². The van der Waals surface area contributed by atoms with Crippen LogP contribution in [0.1, 0.15) is 112 Å². The Hall–Kier alpha value is 0.0700.